The number of rotatable bonds is 3. The highest BCUT2D eigenvalue weighted by Gasteiger charge is 2.34. The van der Waals surface area contributed by atoms with Crippen molar-refractivity contribution in [2.45, 2.75) is 18.8 Å². The molecule has 1 fully saturated rings. The molecule has 2 amide bonds. The first-order valence-electron chi connectivity index (χ1n) is 8.70. The number of H-pyrrole nitrogens is 1. The summed E-state index contributed by atoms with van der Waals surface area (Å²) < 4.78 is 26.6. The molecule has 3 aromatic rings. The van der Waals surface area contributed by atoms with Crippen LogP contribution in [0.15, 0.2) is 36.8 Å². The zero-order valence-electron chi connectivity index (χ0n) is 14.7. The van der Waals surface area contributed by atoms with Crippen LogP contribution >= 0.6 is 11.6 Å². The molecule has 0 radical (unpaired) electrons. The molecule has 4 heterocycles. The van der Waals surface area contributed by atoms with Crippen LogP contribution in [0.2, 0.25) is 5.02 Å². The third kappa shape index (κ3) is 3.84. The molecule has 0 bridgehead atoms. The number of alkyl halides is 2. The Labute approximate surface area is 164 Å². The molecule has 3 N–H and O–H groups in total. The third-order valence-electron chi connectivity index (χ3n) is 4.59. The van der Waals surface area contributed by atoms with Gasteiger partial charge in [0, 0.05) is 44.4 Å². The standard InChI is InChI=1S/C18H17ClF2N6O/c19-11-8-15(24-10-14(11)27-6-3-18(20,21)4-7-27)26-17(28)25-13-9-23-12-2-1-5-22-16(12)13/h1-2,5,8-10,23H,3-4,6-7H2,(H2,24,25,26,28). The second-order valence-corrected chi connectivity index (χ2v) is 6.95. The predicted octanol–water partition coefficient (Wildman–Crippen LogP) is 4.49. The predicted molar refractivity (Wildman–Crippen MR) is 104 cm³/mol. The van der Waals surface area contributed by atoms with E-state index in [-0.39, 0.29) is 31.7 Å². The number of hydrogen-bond donors (Lipinski definition) is 3. The van der Waals surface area contributed by atoms with E-state index in [0.717, 1.165) is 5.52 Å². The normalized spacial score (nSPS) is 16.2. The van der Waals surface area contributed by atoms with Crippen LogP contribution in [0.3, 0.4) is 0 Å². The molecule has 3 aromatic heterocycles. The van der Waals surface area contributed by atoms with Crippen molar-refractivity contribution in [3.63, 3.8) is 0 Å². The molecule has 0 aromatic carbocycles. The summed E-state index contributed by atoms with van der Waals surface area (Å²) in [5, 5.41) is 5.64. The van der Waals surface area contributed by atoms with E-state index in [2.05, 4.69) is 25.6 Å². The van der Waals surface area contributed by atoms with E-state index < -0.39 is 12.0 Å². The van der Waals surface area contributed by atoms with E-state index in [4.69, 9.17) is 11.6 Å². The summed E-state index contributed by atoms with van der Waals surface area (Å²) in [7, 11) is 0. The fourth-order valence-electron chi connectivity index (χ4n) is 3.12. The maximum Gasteiger partial charge on any atom is 0.324 e. The molecular weight excluding hydrogens is 390 g/mol. The number of anilines is 3. The number of aromatic nitrogens is 3. The topological polar surface area (TPSA) is 85.9 Å². The summed E-state index contributed by atoms with van der Waals surface area (Å²) in [5.41, 5.74) is 2.55. The number of nitrogens with one attached hydrogen (secondary N) is 3. The van der Waals surface area contributed by atoms with Gasteiger partial charge in [0.25, 0.3) is 5.92 Å². The quantitative estimate of drug-likeness (QED) is 0.598. The highest BCUT2D eigenvalue weighted by molar-refractivity contribution is 6.33. The van der Waals surface area contributed by atoms with E-state index >= 15 is 0 Å². The van der Waals surface area contributed by atoms with Crippen molar-refractivity contribution in [1.29, 1.82) is 0 Å². The zero-order chi connectivity index (χ0) is 19.7. The molecule has 10 heteroatoms. The molecule has 0 unspecified atom stereocenters. The average Bonchev–Trinajstić information content (AvgIpc) is 3.05. The number of hydrogen-bond acceptors (Lipinski definition) is 4. The number of pyridine rings is 2. The first-order chi connectivity index (χ1) is 13.4. The molecule has 146 valence electrons. The van der Waals surface area contributed by atoms with E-state index in [1.54, 1.807) is 23.4 Å². The van der Waals surface area contributed by atoms with Gasteiger partial charge in [0.2, 0.25) is 0 Å². The van der Waals surface area contributed by atoms with Gasteiger partial charge in [-0.1, -0.05) is 11.6 Å². The summed E-state index contributed by atoms with van der Waals surface area (Å²) in [6, 6.07) is 4.64. The number of aromatic amines is 1. The van der Waals surface area contributed by atoms with Crippen molar-refractivity contribution in [1.82, 2.24) is 15.0 Å². The van der Waals surface area contributed by atoms with Gasteiger partial charge in [0.15, 0.2) is 0 Å². The summed E-state index contributed by atoms with van der Waals surface area (Å²) in [6.45, 7) is 0.407. The lowest BCUT2D eigenvalue weighted by atomic mass is 10.1. The van der Waals surface area contributed by atoms with E-state index in [1.807, 2.05) is 6.07 Å². The maximum atomic E-state index is 13.3. The van der Waals surface area contributed by atoms with Crippen molar-refractivity contribution in [2.24, 2.45) is 0 Å². The van der Waals surface area contributed by atoms with Gasteiger partial charge in [0.05, 0.1) is 28.1 Å². The van der Waals surface area contributed by atoms with Crippen LogP contribution in [0.5, 0.6) is 0 Å². The molecule has 1 saturated heterocycles. The van der Waals surface area contributed by atoms with Gasteiger partial charge in [-0.15, -0.1) is 0 Å². The Morgan fingerprint density at radius 2 is 2.04 bits per heavy atom. The average molecular weight is 407 g/mol. The van der Waals surface area contributed by atoms with Gasteiger partial charge < -0.3 is 15.2 Å². The lowest BCUT2D eigenvalue weighted by Crippen LogP contribution is -2.39. The molecule has 0 saturated carbocycles. The zero-order valence-corrected chi connectivity index (χ0v) is 15.4. The lowest BCUT2D eigenvalue weighted by molar-refractivity contribution is -0.0220. The van der Waals surface area contributed by atoms with Gasteiger partial charge in [-0.2, -0.15) is 0 Å². The van der Waals surface area contributed by atoms with Gasteiger partial charge in [-0.25, -0.2) is 18.6 Å². The fourth-order valence-corrected chi connectivity index (χ4v) is 3.39. The lowest BCUT2D eigenvalue weighted by Gasteiger charge is -2.33. The summed E-state index contributed by atoms with van der Waals surface area (Å²) in [6.07, 6.45) is 4.33. The minimum Gasteiger partial charge on any atom is -0.369 e. The summed E-state index contributed by atoms with van der Waals surface area (Å²) in [4.78, 5) is 25.4. The Kier molecular flexibility index (Phi) is 4.76. The maximum absolute atomic E-state index is 13.3. The number of carbonyl (C=O) groups excluding carboxylic acids is 1. The van der Waals surface area contributed by atoms with Crippen molar-refractivity contribution >= 4 is 45.9 Å². The smallest absolute Gasteiger partial charge is 0.324 e. The highest BCUT2D eigenvalue weighted by Crippen LogP contribution is 2.34. The number of piperidine rings is 1. The Morgan fingerprint density at radius 3 is 2.79 bits per heavy atom. The molecule has 0 atom stereocenters. The largest absolute Gasteiger partial charge is 0.369 e. The van der Waals surface area contributed by atoms with Gasteiger partial charge >= 0.3 is 6.03 Å². The summed E-state index contributed by atoms with van der Waals surface area (Å²) in [5.74, 6) is -2.38. The number of urea groups is 1. The fraction of sp³-hybridized carbons (Fsp3) is 0.278. The van der Waals surface area contributed by atoms with Crippen LogP contribution < -0.4 is 15.5 Å². The van der Waals surface area contributed by atoms with E-state index in [9.17, 15) is 13.6 Å². The molecular formula is C18H17ClF2N6O. The van der Waals surface area contributed by atoms with Crippen LogP contribution in [-0.4, -0.2) is 40.0 Å². The van der Waals surface area contributed by atoms with Gasteiger partial charge in [-0.3, -0.25) is 10.3 Å². The first kappa shape index (κ1) is 18.4. The Hall–Kier alpha value is -2.94. The SMILES string of the molecule is O=C(Nc1cc(Cl)c(N2CCC(F)(F)CC2)cn1)Nc1c[nH]c2cccnc12. The second-order valence-electron chi connectivity index (χ2n) is 6.54. The third-order valence-corrected chi connectivity index (χ3v) is 4.90. The molecule has 28 heavy (non-hydrogen) atoms. The van der Waals surface area contributed by atoms with Crippen molar-refractivity contribution < 1.29 is 13.6 Å². The molecule has 7 nitrogen and oxygen atoms in total. The number of halogens is 3. The summed E-state index contributed by atoms with van der Waals surface area (Å²) >= 11 is 6.28. The van der Waals surface area contributed by atoms with Crippen molar-refractivity contribution in [3.05, 3.63) is 41.8 Å². The molecule has 0 aliphatic carbocycles. The van der Waals surface area contributed by atoms with Crippen LogP contribution in [-0.2, 0) is 0 Å². The molecule has 1 aliphatic heterocycles. The molecule has 4 rings (SSSR count). The minimum atomic E-state index is -2.63. The first-order valence-corrected chi connectivity index (χ1v) is 9.07. The number of nitrogens with zero attached hydrogens (tertiary/aromatic N) is 3. The van der Waals surface area contributed by atoms with Crippen molar-refractivity contribution in [3.8, 4) is 0 Å². The monoisotopic (exact) mass is 406 g/mol. The highest BCUT2D eigenvalue weighted by atomic mass is 35.5. The van der Waals surface area contributed by atoms with Gasteiger partial charge in [0.1, 0.15) is 11.3 Å². The van der Waals surface area contributed by atoms with E-state index in [0.29, 0.717) is 21.9 Å². The number of fused-ring (bicyclic) bond motifs is 1. The van der Waals surface area contributed by atoms with Crippen LogP contribution in [0.25, 0.3) is 11.0 Å². The Balaban J connectivity index is 1.42. The molecule has 1 aliphatic rings. The van der Waals surface area contributed by atoms with Crippen molar-refractivity contribution in [2.75, 3.05) is 28.6 Å². The number of carbonyl (C=O) groups is 1. The van der Waals surface area contributed by atoms with E-state index in [1.165, 1.54) is 12.3 Å². The Morgan fingerprint density at radius 1 is 1.25 bits per heavy atom. The second kappa shape index (κ2) is 7.23. The van der Waals surface area contributed by atoms with Crippen LogP contribution in [0.4, 0.5) is 30.8 Å². The van der Waals surface area contributed by atoms with Crippen LogP contribution in [0, 0.1) is 0 Å². The molecule has 0 spiro atoms. The Bertz CT molecular complexity index is 1010. The minimum absolute atomic E-state index is 0.204. The van der Waals surface area contributed by atoms with Crippen LogP contribution in [0.1, 0.15) is 12.8 Å². The number of amides is 2. The van der Waals surface area contributed by atoms with Gasteiger partial charge in [-0.05, 0) is 12.1 Å².